The summed E-state index contributed by atoms with van der Waals surface area (Å²) in [6, 6.07) is 0. The lowest BCUT2D eigenvalue weighted by Crippen LogP contribution is -2.50. The van der Waals surface area contributed by atoms with Crippen molar-refractivity contribution in [1.82, 2.24) is 14.9 Å². The van der Waals surface area contributed by atoms with Crippen molar-refractivity contribution in [3.8, 4) is 0 Å². The lowest BCUT2D eigenvalue weighted by Gasteiger charge is -2.39. The van der Waals surface area contributed by atoms with E-state index in [1.807, 2.05) is 0 Å². The first-order valence-electron chi connectivity index (χ1n) is 6.72. The zero-order valence-electron chi connectivity index (χ0n) is 12.6. The number of aromatic nitrogens is 2. The Bertz CT molecular complexity index is 589. The number of hydrogen-bond acceptors (Lipinski definition) is 4. The number of nitrogens with one attached hydrogen (secondary N) is 1. The van der Waals surface area contributed by atoms with Gasteiger partial charge in [-0.25, -0.2) is 4.79 Å². The van der Waals surface area contributed by atoms with Crippen LogP contribution in [-0.4, -0.2) is 39.7 Å². The molecule has 1 saturated heterocycles. The third kappa shape index (κ3) is 2.88. The topological polar surface area (TPSA) is 75.3 Å². The Morgan fingerprint density at radius 3 is 2.89 bits per heavy atom. The van der Waals surface area contributed by atoms with Gasteiger partial charge in [-0.3, -0.25) is 9.78 Å². The van der Waals surface area contributed by atoms with E-state index in [-0.39, 0.29) is 12.1 Å². The molecular weight excluding hydrogens is 234 g/mol. The molecule has 0 spiro atoms. The maximum atomic E-state index is 11.8. The smallest absolute Gasteiger partial charge is 0.410 e. The molecule has 1 aliphatic heterocycles. The van der Waals surface area contributed by atoms with E-state index >= 15 is 0 Å². The maximum absolute atomic E-state index is 11.8. The molecular formula is C12H17N3O3. The molecule has 0 saturated carbocycles. The van der Waals surface area contributed by atoms with Crippen LogP contribution in [0.25, 0.3) is 0 Å². The lowest BCUT2D eigenvalue weighted by molar-refractivity contribution is 0.00784. The highest BCUT2D eigenvalue weighted by molar-refractivity contribution is 5.69. The summed E-state index contributed by atoms with van der Waals surface area (Å²) >= 11 is 0. The van der Waals surface area contributed by atoms with E-state index in [0.29, 0.717) is 18.8 Å². The molecule has 1 aromatic rings. The quantitative estimate of drug-likeness (QED) is 0.813. The van der Waals surface area contributed by atoms with Gasteiger partial charge in [0.25, 0.3) is 5.56 Å². The summed E-state index contributed by atoms with van der Waals surface area (Å²) in [6.07, 6.45) is -0.914. The van der Waals surface area contributed by atoms with Crippen molar-refractivity contribution in [1.29, 1.82) is 0 Å². The van der Waals surface area contributed by atoms with Gasteiger partial charge < -0.3 is 14.6 Å². The van der Waals surface area contributed by atoms with Crippen molar-refractivity contribution in [2.24, 2.45) is 0 Å². The maximum Gasteiger partial charge on any atom is 0.410 e. The average Bonchev–Trinajstić information content (AvgIpc) is 2.20. The highest BCUT2D eigenvalue weighted by Crippen LogP contribution is 2.26. The Balaban J connectivity index is 2.02. The van der Waals surface area contributed by atoms with Crippen molar-refractivity contribution in [2.45, 2.75) is 32.3 Å². The first-order valence-corrected chi connectivity index (χ1v) is 5.72. The third-order valence-electron chi connectivity index (χ3n) is 2.50. The third-order valence-corrected chi connectivity index (χ3v) is 2.50. The minimum absolute atomic E-state index is 0.0974. The van der Waals surface area contributed by atoms with Gasteiger partial charge in [0.05, 0.1) is 14.6 Å². The second-order valence-electron chi connectivity index (χ2n) is 5.27. The fraction of sp³-hybridized carbons (Fsp3) is 0.583. The van der Waals surface area contributed by atoms with E-state index in [0.717, 1.165) is 0 Å². The summed E-state index contributed by atoms with van der Waals surface area (Å²) in [5.41, 5.74) is -0.885. The van der Waals surface area contributed by atoms with Gasteiger partial charge in [0.1, 0.15) is 5.60 Å². The molecule has 0 unspecified atom stereocenters. The zero-order valence-corrected chi connectivity index (χ0v) is 10.6. The molecule has 1 aliphatic rings. The van der Waals surface area contributed by atoms with Crippen LogP contribution in [0.1, 0.15) is 35.1 Å². The largest absolute Gasteiger partial charge is 0.444 e. The number of hydrogen-bond donors (Lipinski definition) is 1. The summed E-state index contributed by atoms with van der Waals surface area (Å²) < 4.78 is 20.2. The van der Waals surface area contributed by atoms with Crippen molar-refractivity contribution >= 4 is 6.09 Å². The molecule has 0 aromatic carbocycles. The molecule has 1 fully saturated rings. The predicted octanol–water partition coefficient (Wildman–Crippen LogP) is 1.10. The van der Waals surface area contributed by atoms with Crippen LogP contribution in [0.4, 0.5) is 4.79 Å². The van der Waals surface area contributed by atoms with Crippen LogP contribution < -0.4 is 5.56 Å². The Kier molecular flexibility index (Phi) is 2.49. The number of aromatic amines is 1. The van der Waals surface area contributed by atoms with Gasteiger partial charge in [0.2, 0.25) is 0 Å². The molecule has 2 rings (SSSR count). The number of ether oxygens (including phenoxy) is 1. The SMILES string of the molecule is [2H]c1[nH]c(=O)c([2H])nc1C1CN(C(=O)OC(C)(C)C)C1. The van der Waals surface area contributed by atoms with Gasteiger partial charge in [-0.2, -0.15) is 0 Å². The van der Waals surface area contributed by atoms with Crippen molar-refractivity contribution in [3.05, 3.63) is 28.4 Å². The number of likely N-dealkylation sites (tertiary alicyclic amines) is 1. The van der Waals surface area contributed by atoms with Crippen LogP contribution in [0.15, 0.2) is 17.1 Å². The first kappa shape index (κ1) is 10.1. The van der Waals surface area contributed by atoms with Gasteiger partial charge in [-0.05, 0) is 20.8 Å². The summed E-state index contributed by atoms with van der Waals surface area (Å²) in [7, 11) is 0. The number of H-pyrrole nitrogens is 1. The summed E-state index contributed by atoms with van der Waals surface area (Å²) in [6.45, 7) is 6.12. The molecule has 98 valence electrons. The van der Waals surface area contributed by atoms with Gasteiger partial charge in [0, 0.05) is 25.2 Å². The Hall–Kier alpha value is -1.85. The first-order chi connectivity index (χ1) is 9.17. The van der Waals surface area contributed by atoms with Crippen LogP contribution >= 0.6 is 0 Å². The molecule has 1 amide bonds. The molecule has 1 aromatic heterocycles. The van der Waals surface area contributed by atoms with E-state index in [1.165, 1.54) is 4.90 Å². The fourth-order valence-electron chi connectivity index (χ4n) is 1.61. The second-order valence-corrected chi connectivity index (χ2v) is 5.27. The van der Waals surface area contributed by atoms with E-state index in [4.69, 9.17) is 7.48 Å². The average molecular weight is 253 g/mol. The van der Waals surface area contributed by atoms with Crippen molar-refractivity contribution in [3.63, 3.8) is 0 Å². The summed E-state index contributed by atoms with van der Waals surface area (Å²) in [5, 5.41) is 0. The Labute approximate surface area is 108 Å². The van der Waals surface area contributed by atoms with Gasteiger partial charge in [-0.15, -0.1) is 0 Å². The molecule has 0 radical (unpaired) electrons. The predicted molar refractivity (Wildman–Crippen MR) is 65.4 cm³/mol. The van der Waals surface area contributed by atoms with Crippen molar-refractivity contribution < 1.29 is 12.3 Å². The van der Waals surface area contributed by atoms with Crippen LogP contribution in [-0.2, 0) is 4.74 Å². The summed E-state index contributed by atoms with van der Waals surface area (Å²) in [4.78, 5) is 30.5. The normalized spacial score (nSPS) is 17.8. The number of amides is 1. The highest BCUT2D eigenvalue weighted by Gasteiger charge is 2.35. The molecule has 6 heteroatoms. The summed E-state index contributed by atoms with van der Waals surface area (Å²) in [5.74, 6) is -0.143. The molecule has 6 nitrogen and oxygen atoms in total. The Morgan fingerprint density at radius 2 is 2.28 bits per heavy atom. The van der Waals surface area contributed by atoms with Crippen molar-refractivity contribution in [2.75, 3.05) is 13.1 Å². The van der Waals surface area contributed by atoms with Gasteiger partial charge >= 0.3 is 6.09 Å². The van der Waals surface area contributed by atoms with Crippen LogP contribution in [0, 0.1) is 0 Å². The Morgan fingerprint density at radius 1 is 1.61 bits per heavy atom. The number of carbonyl (C=O) groups excluding carboxylic acids is 1. The van der Waals surface area contributed by atoms with Crippen LogP contribution in [0.5, 0.6) is 0 Å². The van der Waals surface area contributed by atoms with Crippen LogP contribution in [0.2, 0.25) is 0 Å². The van der Waals surface area contributed by atoms with Gasteiger partial charge in [-0.1, -0.05) is 0 Å². The number of rotatable bonds is 1. The highest BCUT2D eigenvalue weighted by atomic mass is 16.6. The lowest BCUT2D eigenvalue weighted by atomic mass is 9.97. The minimum Gasteiger partial charge on any atom is -0.444 e. The molecule has 1 N–H and O–H groups in total. The van der Waals surface area contributed by atoms with E-state index < -0.39 is 23.4 Å². The molecule has 0 bridgehead atoms. The molecule has 0 aliphatic carbocycles. The van der Waals surface area contributed by atoms with E-state index in [9.17, 15) is 9.59 Å². The molecule has 0 atom stereocenters. The molecule has 2 heterocycles. The minimum atomic E-state index is -0.679. The second kappa shape index (κ2) is 4.44. The fourth-order valence-corrected chi connectivity index (χ4v) is 1.61. The molecule has 18 heavy (non-hydrogen) atoms. The number of nitrogens with zero attached hydrogens (tertiary/aromatic N) is 2. The number of carbonyl (C=O) groups is 1. The monoisotopic (exact) mass is 253 g/mol. The zero-order chi connectivity index (χ0) is 15.1. The van der Waals surface area contributed by atoms with E-state index in [2.05, 4.69) is 9.97 Å². The van der Waals surface area contributed by atoms with Crippen LogP contribution in [0.3, 0.4) is 0 Å². The van der Waals surface area contributed by atoms with E-state index in [1.54, 1.807) is 20.8 Å². The standard InChI is InChI=1S/C12H17N3O3/c1-12(2,3)18-11(17)15-6-8(7-15)9-4-14-10(16)5-13-9/h4-5,8H,6-7H2,1-3H3,(H,14,16)/i4D,5D. The van der Waals surface area contributed by atoms with Gasteiger partial charge in [0.15, 0.2) is 0 Å².